The molecule has 0 bridgehead atoms. The first-order valence-corrected chi connectivity index (χ1v) is 7.36. The number of unbranched alkanes of at least 4 members (excludes halogenated alkanes) is 1. The predicted octanol–water partition coefficient (Wildman–Crippen LogP) is 3.04. The lowest BCUT2D eigenvalue weighted by Gasteiger charge is -2.23. The van der Waals surface area contributed by atoms with E-state index in [1.54, 1.807) is 19.2 Å². The van der Waals surface area contributed by atoms with Crippen LogP contribution in [0.1, 0.15) is 43.0 Å². The van der Waals surface area contributed by atoms with Gasteiger partial charge >= 0.3 is 0 Å². The first-order chi connectivity index (χ1) is 10.1. The minimum atomic E-state index is -0.462. The van der Waals surface area contributed by atoms with Crippen LogP contribution in [0.4, 0.5) is 11.4 Å². The summed E-state index contributed by atoms with van der Waals surface area (Å²) in [6, 6.07) is 4.93. The number of carbonyl (C=O) groups excluding carboxylic acids is 1. The van der Waals surface area contributed by atoms with Crippen molar-refractivity contribution in [2.75, 3.05) is 18.9 Å². The van der Waals surface area contributed by atoms with Gasteiger partial charge in [-0.05, 0) is 25.3 Å². The third-order valence-corrected chi connectivity index (χ3v) is 3.72. The van der Waals surface area contributed by atoms with E-state index >= 15 is 0 Å². The number of benzene rings is 1. The Hall–Kier alpha value is -2.11. The normalized spacial score (nSPS) is 13.8. The molecule has 2 rings (SSSR count). The fraction of sp³-hybridized carbons (Fsp3) is 0.533. The van der Waals surface area contributed by atoms with Crippen molar-refractivity contribution < 1.29 is 9.72 Å². The Morgan fingerprint density at radius 3 is 2.71 bits per heavy atom. The van der Waals surface area contributed by atoms with E-state index in [-0.39, 0.29) is 11.6 Å². The van der Waals surface area contributed by atoms with Crippen LogP contribution < -0.4 is 5.32 Å². The fourth-order valence-corrected chi connectivity index (χ4v) is 2.45. The largest absolute Gasteiger partial charge is 0.382 e. The average Bonchev–Trinajstić information content (AvgIpc) is 3.31. The minimum Gasteiger partial charge on any atom is -0.382 e. The number of carbonyl (C=O) groups is 1. The number of nitrogens with one attached hydrogen (secondary N) is 1. The lowest BCUT2D eigenvalue weighted by molar-refractivity contribution is -0.384. The summed E-state index contributed by atoms with van der Waals surface area (Å²) in [5.74, 6) is -0.112. The number of hydrogen-bond donors (Lipinski definition) is 1. The van der Waals surface area contributed by atoms with E-state index in [1.165, 1.54) is 6.07 Å². The molecule has 1 aromatic rings. The standard InChI is InChI=1S/C15H21N3O3/c1-3-4-10-17(11-8-9-11)15(19)12-6-5-7-13(18(20)21)14(12)16-2/h5-7,11,16H,3-4,8-10H2,1-2H3. The number of nitro groups is 1. The Morgan fingerprint density at radius 2 is 2.19 bits per heavy atom. The Kier molecular flexibility index (Phi) is 4.77. The highest BCUT2D eigenvalue weighted by Crippen LogP contribution is 2.33. The zero-order chi connectivity index (χ0) is 15.4. The molecule has 0 radical (unpaired) electrons. The molecule has 0 heterocycles. The Morgan fingerprint density at radius 1 is 1.48 bits per heavy atom. The molecule has 6 nitrogen and oxygen atoms in total. The summed E-state index contributed by atoms with van der Waals surface area (Å²) in [7, 11) is 1.60. The predicted molar refractivity (Wildman–Crippen MR) is 81.6 cm³/mol. The van der Waals surface area contributed by atoms with Crippen molar-refractivity contribution in [3.63, 3.8) is 0 Å². The van der Waals surface area contributed by atoms with Crippen molar-refractivity contribution in [3.8, 4) is 0 Å². The molecule has 0 aromatic heterocycles. The van der Waals surface area contributed by atoms with E-state index in [1.807, 2.05) is 4.90 Å². The molecule has 6 heteroatoms. The zero-order valence-electron chi connectivity index (χ0n) is 12.5. The van der Waals surface area contributed by atoms with Gasteiger partial charge in [0.05, 0.1) is 10.5 Å². The van der Waals surface area contributed by atoms with Crippen LogP contribution in [0.15, 0.2) is 18.2 Å². The molecule has 0 unspecified atom stereocenters. The van der Waals surface area contributed by atoms with E-state index in [0.29, 0.717) is 23.8 Å². The monoisotopic (exact) mass is 291 g/mol. The molecule has 1 amide bonds. The summed E-state index contributed by atoms with van der Waals surface area (Å²) < 4.78 is 0. The van der Waals surface area contributed by atoms with Crippen LogP contribution in [0.25, 0.3) is 0 Å². The number of para-hydroxylation sites is 1. The number of anilines is 1. The van der Waals surface area contributed by atoms with Gasteiger partial charge in [0, 0.05) is 25.7 Å². The highest BCUT2D eigenvalue weighted by Gasteiger charge is 2.34. The van der Waals surface area contributed by atoms with Gasteiger partial charge in [-0.1, -0.05) is 19.4 Å². The van der Waals surface area contributed by atoms with Crippen LogP contribution in [0.2, 0.25) is 0 Å². The molecule has 114 valence electrons. The smallest absolute Gasteiger partial charge is 0.293 e. The van der Waals surface area contributed by atoms with E-state index in [2.05, 4.69) is 12.2 Å². The highest BCUT2D eigenvalue weighted by atomic mass is 16.6. The van der Waals surface area contributed by atoms with E-state index in [4.69, 9.17) is 0 Å². The van der Waals surface area contributed by atoms with Crippen LogP contribution in [0.5, 0.6) is 0 Å². The maximum Gasteiger partial charge on any atom is 0.293 e. The summed E-state index contributed by atoms with van der Waals surface area (Å²) in [5.41, 5.74) is 0.624. The molecule has 1 aliphatic rings. The van der Waals surface area contributed by atoms with Crippen molar-refractivity contribution >= 4 is 17.3 Å². The van der Waals surface area contributed by atoms with Gasteiger partial charge in [0.2, 0.25) is 0 Å². The van der Waals surface area contributed by atoms with Crippen LogP contribution in [-0.4, -0.2) is 35.4 Å². The molecule has 1 fully saturated rings. The fourth-order valence-electron chi connectivity index (χ4n) is 2.45. The molecular formula is C15H21N3O3. The third kappa shape index (κ3) is 3.32. The van der Waals surface area contributed by atoms with Crippen molar-refractivity contribution in [1.29, 1.82) is 0 Å². The van der Waals surface area contributed by atoms with Gasteiger partial charge in [-0.3, -0.25) is 14.9 Å². The summed E-state index contributed by atoms with van der Waals surface area (Å²) in [6.07, 6.45) is 4.02. The van der Waals surface area contributed by atoms with Gasteiger partial charge in [0.1, 0.15) is 5.69 Å². The second-order valence-corrected chi connectivity index (χ2v) is 5.29. The van der Waals surface area contributed by atoms with Crippen molar-refractivity contribution in [2.45, 2.75) is 38.6 Å². The van der Waals surface area contributed by atoms with Gasteiger partial charge < -0.3 is 10.2 Å². The maximum absolute atomic E-state index is 12.8. The van der Waals surface area contributed by atoms with Crippen molar-refractivity contribution in [3.05, 3.63) is 33.9 Å². The van der Waals surface area contributed by atoms with Gasteiger partial charge in [0.15, 0.2) is 0 Å². The highest BCUT2D eigenvalue weighted by molar-refractivity contribution is 6.01. The van der Waals surface area contributed by atoms with Gasteiger partial charge in [0.25, 0.3) is 11.6 Å². The first-order valence-electron chi connectivity index (χ1n) is 7.36. The molecule has 0 aliphatic heterocycles. The van der Waals surface area contributed by atoms with E-state index in [9.17, 15) is 14.9 Å². The molecule has 1 saturated carbocycles. The van der Waals surface area contributed by atoms with Crippen molar-refractivity contribution in [2.24, 2.45) is 0 Å². The Bertz CT molecular complexity index is 541. The Labute approximate surface area is 124 Å². The molecule has 1 aromatic carbocycles. The number of nitro benzene ring substituents is 1. The molecule has 0 atom stereocenters. The molecule has 1 aliphatic carbocycles. The second kappa shape index (κ2) is 6.56. The van der Waals surface area contributed by atoms with Crippen LogP contribution in [0.3, 0.4) is 0 Å². The molecular weight excluding hydrogens is 270 g/mol. The maximum atomic E-state index is 12.8. The quantitative estimate of drug-likeness (QED) is 0.619. The summed E-state index contributed by atoms with van der Waals surface area (Å²) >= 11 is 0. The number of rotatable bonds is 7. The number of hydrogen-bond acceptors (Lipinski definition) is 4. The van der Waals surface area contributed by atoms with Crippen LogP contribution in [-0.2, 0) is 0 Å². The first kappa shape index (κ1) is 15.3. The average molecular weight is 291 g/mol. The van der Waals surface area contributed by atoms with E-state index < -0.39 is 4.92 Å². The zero-order valence-corrected chi connectivity index (χ0v) is 12.5. The lowest BCUT2D eigenvalue weighted by Crippen LogP contribution is -2.34. The van der Waals surface area contributed by atoms with Gasteiger partial charge in [-0.15, -0.1) is 0 Å². The van der Waals surface area contributed by atoms with Crippen LogP contribution in [0, 0.1) is 10.1 Å². The number of amides is 1. The van der Waals surface area contributed by atoms with Crippen molar-refractivity contribution in [1.82, 2.24) is 4.90 Å². The lowest BCUT2D eigenvalue weighted by atomic mass is 10.1. The molecule has 0 spiro atoms. The summed E-state index contributed by atoms with van der Waals surface area (Å²) in [5, 5.41) is 13.9. The Balaban J connectivity index is 2.32. The SMILES string of the molecule is CCCCN(C(=O)c1cccc([N+](=O)[O-])c1NC)C1CC1. The molecule has 0 saturated heterocycles. The minimum absolute atomic E-state index is 0.0606. The molecule has 21 heavy (non-hydrogen) atoms. The molecule has 1 N–H and O–H groups in total. The number of nitrogens with zero attached hydrogens (tertiary/aromatic N) is 2. The van der Waals surface area contributed by atoms with Crippen LogP contribution >= 0.6 is 0 Å². The summed E-state index contributed by atoms with van der Waals surface area (Å²) in [6.45, 7) is 2.80. The van der Waals surface area contributed by atoms with E-state index in [0.717, 1.165) is 25.7 Å². The van der Waals surface area contributed by atoms with Gasteiger partial charge in [-0.2, -0.15) is 0 Å². The topological polar surface area (TPSA) is 75.5 Å². The second-order valence-electron chi connectivity index (χ2n) is 5.29. The summed E-state index contributed by atoms with van der Waals surface area (Å²) in [4.78, 5) is 25.2. The van der Waals surface area contributed by atoms with Gasteiger partial charge in [-0.25, -0.2) is 0 Å². The third-order valence-electron chi connectivity index (χ3n) is 3.72.